The van der Waals surface area contributed by atoms with Crippen molar-refractivity contribution >= 4 is 0 Å². The number of aromatic amines is 1. The normalized spacial score (nSPS) is 14.2. The van der Waals surface area contributed by atoms with E-state index < -0.39 is 0 Å². The molecule has 0 amide bonds. The molecule has 1 aliphatic heterocycles. The lowest BCUT2D eigenvalue weighted by Crippen LogP contribution is -2.24. The van der Waals surface area contributed by atoms with E-state index in [-0.39, 0.29) is 0 Å². The molecule has 6 heteroatoms. The first-order valence-corrected chi connectivity index (χ1v) is 6.57. The maximum Gasteiger partial charge on any atom is 0.258 e. The van der Waals surface area contributed by atoms with Gasteiger partial charge in [0, 0.05) is 24.5 Å². The summed E-state index contributed by atoms with van der Waals surface area (Å²) in [5.74, 6) is 1.65. The van der Waals surface area contributed by atoms with Crippen LogP contribution in [0.5, 0.6) is 0 Å². The molecule has 6 nitrogen and oxygen atoms in total. The van der Waals surface area contributed by atoms with Crippen molar-refractivity contribution in [2.24, 2.45) is 0 Å². The van der Waals surface area contributed by atoms with Gasteiger partial charge in [-0.3, -0.25) is 0 Å². The van der Waals surface area contributed by atoms with Gasteiger partial charge in [0.05, 0.1) is 0 Å². The van der Waals surface area contributed by atoms with Gasteiger partial charge in [0.2, 0.25) is 5.82 Å². The number of benzene rings is 1. The van der Waals surface area contributed by atoms with Gasteiger partial charge in [-0.15, -0.1) is 0 Å². The lowest BCUT2D eigenvalue weighted by molar-refractivity contribution is 0.431. The molecule has 100 valence electrons. The first kappa shape index (κ1) is 11.4. The van der Waals surface area contributed by atoms with E-state index in [4.69, 9.17) is 4.52 Å². The fraction of sp³-hybridized carbons (Fsp3) is 0.214. The van der Waals surface area contributed by atoms with Crippen LogP contribution < -0.4 is 5.32 Å². The maximum absolute atomic E-state index is 5.40. The summed E-state index contributed by atoms with van der Waals surface area (Å²) in [6, 6.07) is 6.19. The molecule has 1 aliphatic rings. The second-order valence-electron chi connectivity index (χ2n) is 4.73. The highest BCUT2D eigenvalue weighted by molar-refractivity contribution is 5.63. The number of nitrogens with zero attached hydrogens (tertiary/aromatic N) is 3. The van der Waals surface area contributed by atoms with Gasteiger partial charge in [-0.25, -0.2) is 4.98 Å². The van der Waals surface area contributed by atoms with E-state index in [0.29, 0.717) is 17.5 Å². The number of imidazole rings is 1. The van der Waals surface area contributed by atoms with E-state index in [9.17, 15) is 0 Å². The topological polar surface area (TPSA) is 79.6 Å². The highest BCUT2D eigenvalue weighted by atomic mass is 16.5. The number of rotatable bonds is 2. The van der Waals surface area contributed by atoms with Crippen molar-refractivity contribution in [3.05, 3.63) is 41.7 Å². The third kappa shape index (κ3) is 1.81. The van der Waals surface area contributed by atoms with Gasteiger partial charge in [-0.05, 0) is 30.2 Å². The van der Waals surface area contributed by atoms with Crippen LogP contribution in [0.15, 0.2) is 35.1 Å². The molecule has 1 aromatic carbocycles. The van der Waals surface area contributed by atoms with E-state index in [1.54, 1.807) is 12.4 Å². The first-order chi connectivity index (χ1) is 9.92. The summed E-state index contributed by atoms with van der Waals surface area (Å²) in [5.41, 5.74) is 3.61. The van der Waals surface area contributed by atoms with Gasteiger partial charge in [0.1, 0.15) is 0 Å². The molecular weight excluding hydrogens is 254 g/mol. The van der Waals surface area contributed by atoms with Crippen LogP contribution in [0.4, 0.5) is 0 Å². The van der Waals surface area contributed by atoms with Crippen molar-refractivity contribution in [3.63, 3.8) is 0 Å². The quantitative estimate of drug-likeness (QED) is 0.739. The van der Waals surface area contributed by atoms with E-state index in [1.165, 1.54) is 11.1 Å². The molecule has 0 aliphatic carbocycles. The monoisotopic (exact) mass is 267 g/mol. The van der Waals surface area contributed by atoms with E-state index in [1.807, 2.05) is 12.1 Å². The third-order valence-corrected chi connectivity index (χ3v) is 3.51. The van der Waals surface area contributed by atoms with Crippen LogP contribution in [0.3, 0.4) is 0 Å². The van der Waals surface area contributed by atoms with Gasteiger partial charge in [0.15, 0.2) is 5.82 Å². The number of aromatic nitrogens is 4. The molecule has 2 N–H and O–H groups in total. The average Bonchev–Trinajstić information content (AvgIpc) is 3.17. The Labute approximate surface area is 115 Å². The first-order valence-electron chi connectivity index (χ1n) is 6.57. The van der Waals surface area contributed by atoms with Gasteiger partial charge in [-0.1, -0.05) is 17.3 Å². The predicted octanol–water partition coefficient (Wildman–Crippen LogP) is 1.77. The SMILES string of the molecule is c1cc2c(c(-c3nc(-c4ncc[nH]4)no3)c1)CCNC2. The fourth-order valence-electron chi connectivity index (χ4n) is 2.55. The molecule has 2 aromatic heterocycles. The van der Waals surface area contributed by atoms with Gasteiger partial charge in [0.25, 0.3) is 5.89 Å². The zero-order valence-electron chi connectivity index (χ0n) is 10.8. The zero-order valence-corrected chi connectivity index (χ0v) is 10.8. The van der Waals surface area contributed by atoms with Crippen molar-refractivity contribution in [2.75, 3.05) is 6.54 Å². The Bertz CT molecular complexity index is 732. The predicted molar refractivity (Wildman–Crippen MR) is 72.7 cm³/mol. The highest BCUT2D eigenvalue weighted by Crippen LogP contribution is 2.28. The van der Waals surface area contributed by atoms with Crippen LogP contribution in [-0.4, -0.2) is 26.7 Å². The van der Waals surface area contributed by atoms with E-state index >= 15 is 0 Å². The third-order valence-electron chi connectivity index (χ3n) is 3.51. The molecule has 0 saturated carbocycles. The van der Waals surface area contributed by atoms with Crippen LogP contribution in [-0.2, 0) is 13.0 Å². The number of hydrogen-bond donors (Lipinski definition) is 2. The van der Waals surface area contributed by atoms with Crippen LogP contribution in [0.1, 0.15) is 11.1 Å². The molecule has 0 unspecified atom stereocenters. The number of hydrogen-bond acceptors (Lipinski definition) is 5. The standard InChI is InChI=1S/C14H13N5O/c1-2-9-8-15-5-4-10(9)11(3-1)14-18-13(19-20-14)12-16-6-7-17-12/h1-3,6-7,15H,4-5,8H2,(H,16,17). The second-order valence-corrected chi connectivity index (χ2v) is 4.73. The minimum atomic E-state index is 0.483. The Kier molecular flexibility index (Phi) is 2.60. The molecule has 20 heavy (non-hydrogen) atoms. The summed E-state index contributed by atoms with van der Waals surface area (Å²) in [6.07, 6.45) is 4.38. The molecule has 0 bridgehead atoms. The van der Waals surface area contributed by atoms with Gasteiger partial charge in [-0.2, -0.15) is 4.98 Å². The molecule has 3 heterocycles. The minimum absolute atomic E-state index is 0.483. The Morgan fingerprint density at radius 1 is 1.25 bits per heavy atom. The molecule has 0 atom stereocenters. The fourth-order valence-corrected chi connectivity index (χ4v) is 2.55. The van der Waals surface area contributed by atoms with Crippen LogP contribution >= 0.6 is 0 Å². The largest absolute Gasteiger partial charge is 0.342 e. The molecule has 0 spiro atoms. The molecular formula is C14H13N5O. The summed E-state index contributed by atoms with van der Waals surface area (Å²) < 4.78 is 5.40. The Balaban J connectivity index is 1.78. The van der Waals surface area contributed by atoms with Crippen LogP contribution in [0.25, 0.3) is 23.1 Å². The van der Waals surface area contributed by atoms with E-state index in [2.05, 4.69) is 31.5 Å². The second kappa shape index (κ2) is 4.57. The molecule has 0 saturated heterocycles. The molecule has 4 rings (SSSR count). The van der Waals surface area contributed by atoms with Crippen LogP contribution in [0, 0.1) is 0 Å². The zero-order chi connectivity index (χ0) is 13.4. The Hall–Kier alpha value is -2.47. The molecule has 0 fully saturated rings. The molecule has 0 radical (unpaired) electrons. The summed E-state index contributed by atoms with van der Waals surface area (Å²) in [4.78, 5) is 11.5. The Morgan fingerprint density at radius 2 is 2.25 bits per heavy atom. The minimum Gasteiger partial charge on any atom is -0.342 e. The summed E-state index contributed by atoms with van der Waals surface area (Å²) in [5, 5.41) is 7.35. The lowest BCUT2D eigenvalue weighted by atomic mass is 9.95. The maximum atomic E-state index is 5.40. The number of H-pyrrole nitrogens is 1. The number of fused-ring (bicyclic) bond motifs is 1. The molecule has 3 aromatic rings. The highest BCUT2D eigenvalue weighted by Gasteiger charge is 2.18. The number of nitrogens with one attached hydrogen (secondary N) is 2. The van der Waals surface area contributed by atoms with Crippen LogP contribution in [0.2, 0.25) is 0 Å². The summed E-state index contributed by atoms with van der Waals surface area (Å²) in [7, 11) is 0. The average molecular weight is 267 g/mol. The van der Waals surface area contributed by atoms with Gasteiger partial charge >= 0.3 is 0 Å². The summed E-state index contributed by atoms with van der Waals surface area (Å²) in [6.45, 7) is 1.87. The lowest BCUT2D eigenvalue weighted by Gasteiger charge is -2.18. The van der Waals surface area contributed by atoms with Crippen molar-refractivity contribution in [2.45, 2.75) is 13.0 Å². The summed E-state index contributed by atoms with van der Waals surface area (Å²) >= 11 is 0. The Morgan fingerprint density at radius 3 is 3.15 bits per heavy atom. The van der Waals surface area contributed by atoms with Crippen molar-refractivity contribution in [1.29, 1.82) is 0 Å². The van der Waals surface area contributed by atoms with Crippen molar-refractivity contribution < 1.29 is 4.52 Å². The van der Waals surface area contributed by atoms with Gasteiger partial charge < -0.3 is 14.8 Å². The van der Waals surface area contributed by atoms with Crippen molar-refractivity contribution in [1.82, 2.24) is 25.4 Å². The smallest absolute Gasteiger partial charge is 0.258 e. The van der Waals surface area contributed by atoms with Crippen molar-refractivity contribution in [3.8, 4) is 23.1 Å². The van der Waals surface area contributed by atoms with E-state index in [0.717, 1.165) is 25.1 Å².